The van der Waals surface area contributed by atoms with E-state index in [0.29, 0.717) is 28.5 Å². The zero-order chi connectivity index (χ0) is 27.5. The molecule has 11 nitrogen and oxygen atoms in total. The van der Waals surface area contributed by atoms with E-state index in [1.165, 1.54) is 26.0 Å². The highest BCUT2D eigenvalue weighted by Gasteiger charge is 2.22. The van der Waals surface area contributed by atoms with Crippen LogP contribution >= 0.6 is 23.5 Å². The van der Waals surface area contributed by atoms with Gasteiger partial charge in [0.1, 0.15) is 12.2 Å². The molecule has 1 amide bonds. The Morgan fingerprint density at radius 1 is 0.919 bits per heavy atom. The molecule has 3 atom stereocenters. The molecular formula is C24H31N3O8S2. The van der Waals surface area contributed by atoms with Crippen molar-refractivity contribution < 1.29 is 39.5 Å². The first-order valence-electron chi connectivity index (χ1n) is 11.3. The number of pyridine rings is 2. The van der Waals surface area contributed by atoms with Crippen LogP contribution in [0.3, 0.4) is 0 Å². The summed E-state index contributed by atoms with van der Waals surface area (Å²) in [4.78, 5) is 44.9. The fraction of sp³-hybridized carbons (Fsp3) is 0.458. The van der Waals surface area contributed by atoms with Gasteiger partial charge in [0, 0.05) is 30.9 Å². The minimum Gasteiger partial charge on any atom is -0.394 e. The Morgan fingerprint density at radius 2 is 1.49 bits per heavy atom. The molecular weight excluding hydrogens is 522 g/mol. The predicted octanol–water partition coefficient (Wildman–Crippen LogP) is 0.790. The van der Waals surface area contributed by atoms with Gasteiger partial charge < -0.3 is 30.5 Å². The maximum atomic E-state index is 12.9. The number of rotatable bonds is 13. The lowest BCUT2D eigenvalue weighted by Crippen LogP contribution is -2.42. The largest absolute Gasteiger partial charge is 0.394 e. The van der Waals surface area contributed by atoms with Crippen molar-refractivity contribution in [3.63, 3.8) is 0 Å². The third kappa shape index (κ3) is 10.5. The molecule has 0 radical (unpaired) electrons. The molecule has 202 valence electrons. The van der Waals surface area contributed by atoms with E-state index in [2.05, 4.69) is 15.3 Å². The first-order chi connectivity index (χ1) is 17.5. The van der Waals surface area contributed by atoms with Crippen LogP contribution in [0, 0.1) is 6.92 Å². The van der Waals surface area contributed by atoms with Crippen LogP contribution < -0.4 is 5.32 Å². The van der Waals surface area contributed by atoms with Gasteiger partial charge in [-0.15, -0.1) is 0 Å². The second-order valence-electron chi connectivity index (χ2n) is 8.09. The summed E-state index contributed by atoms with van der Waals surface area (Å²) in [6.45, 7) is 3.10. The number of amides is 1. The van der Waals surface area contributed by atoms with Crippen LogP contribution in [0.2, 0.25) is 0 Å². The highest BCUT2D eigenvalue weighted by molar-refractivity contribution is 8.13. The van der Waals surface area contributed by atoms with Gasteiger partial charge in [-0.3, -0.25) is 24.4 Å². The van der Waals surface area contributed by atoms with Crippen molar-refractivity contribution in [1.29, 1.82) is 0 Å². The third-order valence-corrected chi connectivity index (χ3v) is 6.53. The molecule has 0 saturated heterocycles. The van der Waals surface area contributed by atoms with E-state index >= 15 is 0 Å². The Balaban J connectivity index is 2.28. The molecule has 13 heteroatoms. The van der Waals surface area contributed by atoms with Gasteiger partial charge in [-0.2, -0.15) is 0 Å². The maximum absolute atomic E-state index is 12.9. The van der Waals surface area contributed by atoms with Gasteiger partial charge in [-0.1, -0.05) is 23.5 Å². The van der Waals surface area contributed by atoms with E-state index in [0.717, 1.165) is 29.1 Å². The van der Waals surface area contributed by atoms with Gasteiger partial charge in [0.2, 0.25) is 0 Å². The van der Waals surface area contributed by atoms with Gasteiger partial charge in [-0.05, 0) is 36.8 Å². The molecule has 0 aliphatic heterocycles. The van der Waals surface area contributed by atoms with Gasteiger partial charge in [-0.25, -0.2) is 0 Å². The molecule has 37 heavy (non-hydrogen) atoms. The Labute approximate surface area is 223 Å². The molecule has 0 aliphatic rings. The molecule has 0 saturated carbocycles. The molecule has 0 aromatic carbocycles. The monoisotopic (exact) mass is 553 g/mol. The maximum Gasteiger partial charge on any atom is 0.251 e. The Kier molecular flexibility index (Phi) is 12.6. The van der Waals surface area contributed by atoms with E-state index in [4.69, 9.17) is 9.84 Å². The van der Waals surface area contributed by atoms with E-state index in [1.807, 2.05) is 13.0 Å². The van der Waals surface area contributed by atoms with Crippen LogP contribution in [0.15, 0.2) is 24.3 Å². The molecule has 2 aromatic heterocycles. The van der Waals surface area contributed by atoms with E-state index < -0.39 is 37.6 Å². The summed E-state index contributed by atoms with van der Waals surface area (Å²) in [6.07, 6.45) is -4.20. The van der Waals surface area contributed by atoms with Crippen molar-refractivity contribution in [2.24, 2.45) is 0 Å². The highest BCUT2D eigenvalue weighted by atomic mass is 32.2. The summed E-state index contributed by atoms with van der Waals surface area (Å²) in [5.41, 5.74) is 3.13. The van der Waals surface area contributed by atoms with Crippen molar-refractivity contribution in [2.75, 3.05) is 19.8 Å². The molecule has 0 spiro atoms. The minimum atomic E-state index is -1.56. The van der Waals surface area contributed by atoms with Gasteiger partial charge in [0.05, 0.1) is 42.5 Å². The Bertz CT molecular complexity index is 1100. The summed E-state index contributed by atoms with van der Waals surface area (Å²) in [7, 11) is 0. The fourth-order valence-electron chi connectivity index (χ4n) is 3.12. The minimum absolute atomic E-state index is 0.0347. The molecule has 0 aliphatic carbocycles. The van der Waals surface area contributed by atoms with Crippen LogP contribution in [0.5, 0.6) is 0 Å². The van der Waals surface area contributed by atoms with Gasteiger partial charge in [0.25, 0.3) is 5.91 Å². The van der Waals surface area contributed by atoms with Crippen LogP contribution in [0.25, 0.3) is 11.4 Å². The second-order valence-corrected chi connectivity index (χ2v) is 10.4. The van der Waals surface area contributed by atoms with E-state index in [9.17, 15) is 29.7 Å². The molecule has 2 rings (SSSR count). The molecule has 2 heterocycles. The number of hydrogen-bond donors (Lipinski definition) is 5. The molecule has 5 N–H and O–H groups in total. The number of carbonyl (C=O) groups excluding carboxylic acids is 3. The number of aryl methyl sites for hydroxylation is 1. The first kappa shape index (κ1) is 30.8. The standard InChI is InChI=1S/C24H31N3O8S2/c1-13-4-17(11-36-14(2)30)26-19(5-13)20-7-16(6-18(27-20)12-37-15(3)31)24(34)25-8-23(33)35-22(10-29)21(32)9-28/h4-7,21-23,28-29,32-33H,8-12H2,1-3H3,(H,25,34). The van der Waals surface area contributed by atoms with Crippen molar-refractivity contribution in [1.82, 2.24) is 15.3 Å². The smallest absolute Gasteiger partial charge is 0.251 e. The van der Waals surface area contributed by atoms with E-state index in [-0.39, 0.29) is 28.1 Å². The lowest BCUT2D eigenvalue weighted by Gasteiger charge is -2.23. The molecule has 2 aromatic rings. The average Bonchev–Trinajstić information content (AvgIpc) is 2.86. The summed E-state index contributed by atoms with van der Waals surface area (Å²) >= 11 is 2.17. The number of aromatic nitrogens is 2. The van der Waals surface area contributed by atoms with Crippen LogP contribution in [-0.2, 0) is 25.8 Å². The predicted molar refractivity (Wildman–Crippen MR) is 140 cm³/mol. The average molecular weight is 554 g/mol. The van der Waals surface area contributed by atoms with Gasteiger partial charge in [0.15, 0.2) is 16.5 Å². The number of carbonyl (C=O) groups is 3. The molecule has 0 fully saturated rings. The lowest BCUT2D eigenvalue weighted by molar-refractivity contribution is -0.177. The van der Waals surface area contributed by atoms with Crippen molar-refractivity contribution in [3.8, 4) is 11.4 Å². The van der Waals surface area contributed by atoms with Crippen LogP contribution in [0.1, 0.15) is 41.2 Å². The molecule has 0 bridgehead atoms. The fourth-order valence-corrected chi connectivity index (χ4v) is 4.12. The summed E-state index contributed by atoms with van der Waals surface area (Å²) in [6, 6.07) is 6.71. The summed E-state index contributed by atoms with van der Waals surface area (Å²) < 4.78 is 5.08. The number of thioether (sulfide) groups is 2. The van der Waals surface area contributed by atoms with E-state index in [1.54, 1.807) is 6.07 Å². The normalized spacial score (nSPS) is 13.6. The highest BCUT2D eigenvalue weighted by Crippen LogP contribution is 2.23. The number of ether oxygens (including phenoxy) is 1. The number of aliphatic hydroxyl groups excluding tert-OH is 4. The third-order valence-electron chi connectivity index (χ3n) is 4.84. The second kappa shape index (κ2) is 15.1. The SMILES string of the molecule is CC(=O)SCc1cc(C)cc(-c2cc(C(=O)NCC(O)OC(CO)C(O)CO)cc(CSC(C)=O)n2)n1. The number of aliphatic hydroxyl groups is 4. The first-order valence-corrected chi connectivity index (χ1v) is 13.3. The van der Waals surface area contributed by atoms with Crippen molar-refractivity contribution >= 4 is 39.7 Å². The zero-order valence-corrected chi connectivity index (χ0v) is 22.3. The summed E-state index contributed by atoms with van der Waals surface area (Å²) in [5, 5.41) is 40.2. The quantitative estimate of drug-likeness (QED) is 0.221. The lowest BCUT2D eigenvalue weighted by atomic mass is 10.1. The number of nitrogens with one attached hydrogen (secondary N) is 1. The van der Waals surface area contributed by atoms with Crippen LogP contribution in [-0.4, -0.2) is 84.8 Å². The topological polar surface area (TPSA) is 179 Å². The van der Waals surface area contributed by atoms with Crippen LogP contribution in [0.4, 0.5) is 0 Å². The van der Waals surface area contributed by atoms with Crippen molar-refractivity contribution in [3.05, 3.63) is 46.8 Å². The summed E-state index contributed by atoms with van der Waals surface area (Å²) in [5.74, 6) is 0.0453. The van der Waals surface area contributed by atoms with Crippen molar-refractivity contribution in [2.45, 2.75) is 50.8 Å². The number of nitrogens with zero attached hydrogens (tertiary/aromatic N) is 2. The zero-order valence-electron chi connectivity index (χ0n) is 20.7. The molecule has 3 unspecified atom stereocenters. The Hall–Kier alpha value is -2.39. The number of hydrogen-bond acceptors (Lipinski definition) is 12. The van der Waals surface area contributed by atoms with Gasteiger partial charge >= 0.3 is 0 Å². The Morgan fingerprint density at radius 3 is 2.03 bits per heavy atom.